The van der Waals surface area contributed by atoms with Crippen molar-refractivity contribution < 1.29 is 9.84 Å². The molecule has 136 valence electrons. The summed E-state index contributed by atoms with van der Waals surface area (Å²) in [6.45, 7) is 7.05. The van der Waals surface area contributed by atoms with E-state index >= 15 is 0 Å². The first kappa shape index (κ1) is 17.0. The Labute approximate surface area is 151 Å². The summed E-state index contributed by atoms with van der Waals surface area (Å²) >= 11 is 6.16. The van der Waals surface area contributed by atoms with Gasteiger partial charge in [0.05, 0.1) is 18.8 Å². The molecule has 0 saturated carbocycles. The van der Waals surface area contributed by atoms with Gasteiger partial charge in [-0.2, -0.15) is 9.97 Å². The van der Waals surface area contributed by atoms with Crippen LogP contribution in [0.1, 0.15) is 12.7 Å². The minimum Gasteiger partial charge on any atom is -0.388 e. The van der Waals surface area contributed by atoms with E-state index in [-0.39, 0.29) is 5.28 Å². The van der Waals surface area contributed by atoms with Crippen molar-refractivity contribution in [3.8, 4) is 0 Å². The van der Waals surface area contributed by atoms with Gasteiger partial charge in [0.15, 0.2) is 17.0 Å². The molecule has 0 unspecified atom stereocenters. The number of ether oxygens (including phenoxy) is 1. The number of anilines is 1. The number of aliphatic hydroxyl groups is 1. The summed E-state index contributed by atoms with van der Waals surface area (Å²) < 4.78 is 7.41. The van der Waals surface area contributed by atoms with Crippen LogP contribution in [0.4, 0.5) is 5.82 Å². The summed E-state index contributed by atoms with van der Waals surface area (Å²) in [5, 5.41) is 10.1. The maximum Gasteiger partial charge on any atom is 0.226 e. The number of aryl methyl sites for hydroxylation is 1. The first-order valence-corrected chi connectivity index (χ1v) is 8.97. The smallest absolute Gasteiger partial charge is 0.226 e. The fourth-order valence-electron chi connectivity index (χ4n) is 3.62. The van der Waals surface area contributed by atoms with E-state index < -0.39 is 5.60 Å². The molecule has 0 amide bonds. The SMILES string of the molecule is Cn1c(CCN2CC(C)(O)C2)nc2c(N3CCOCC3)nc(Cl)nc21. The number of morpholine rings is 1. The van der Waals surface area contributed by atoms with Gasteiger partial charge in [-0.25, -0.2) is 4.98 Å². The lowest BCUT2D eigenvalue weighted by Gasteiger charge is -2.44. The number of imidazole rings is 1. The maximum atomic E-state index is 9.85. The molecule has 4 rings (SSSR count). The highest BCUT2D eigenvalue weighted by Crippen LogP contribution is 2.27. The van der Waals surface area contributed by atoms with E-state index in [1.807, 2.05) is 18.5 Å². The molecule has 2 fully saturated rings. The Bertz CT molecular complexity index is 779. The van der Waals surface area contributed by atoms with Gasteiger partial charge < -0.3 is 19.3 Å². The van der Waals surface area contributed by atoms with Crippen LogP contribution in [0.15, 0.2) is 0 Å². The monoisotopic (exact) mass is 366 g/mol. The summed E-state index contributed by atoms with van der Waals surface area (Å²) in [5.74, 6) is 1.74. The molecule has 1 N–H and O–H groups in total. The molecule has 4 heterocycles. The Morgan fingerprint density at radius 3 is 2.60 bits per heavy atom. The molecule has 2 aliphatic rings. The van der Waals surface area contributed by atoms with Crippen molar-refractivity contribution in [2.75, 3.05) is 50.8 Å². The van der Waals surface area contributed by atoms with E-state index in [2.05, 4.69) is 19.8 Å². The summed E-state index contributed by atoms with van der Waals surface area (Å²) in [5.41, 5.74) is 1.00. The number of nitrogens with zero attached hydrogens (tertiary/aromatic N) is 6. The van der Waals surface area contributed by atoms with Crippen LogP contribution in [0.3, 0.4) is 0 Å². The van der Waals surface area contributed by atoms with Crippen molar-refractivity contribution >= 4 is 28.6 Å². The number of hydrogen-bond donors (Lipinski definition) is 1. The van der Waals surface area contributed by atoms with Crippen molar-refractivity contribution in [1.29, 1.82) is 0 Å². The Hall–Kier alpha value is -1.48. The van der Waals surface area contributed by atoms with Crippen molar-refractivity contribution in [2.45, 2.75) is 18.9 Å². The largest absolute Gasteiger partial charge is 0.388 e. The number of β-amino-alcohol motifs (C(OH)–C–C–N with tert-alkyl or cyclic N) is 1. The molecule has 0 aromatic carbocycles. The highest BCUT2D eigenvalue weighted by atomic mass is 35.5. The van der Waals surface area contributed by atoms with Crippen LogP contribution in [0, 0.1) is 0 Å². The summed E-state index contributed by atoms with van der Waals surface area (Å²) in [7, 11) is 1.96. The van der Waals surface area contributed by atoms with Crippen molar-refractivity contribution in [3.63, 3.8) is 0 Å². The Morgan fingerprint density at radius 1 is 1.20 bits per heavy atom. The third kappa shape index (κ3) is 3.31. The molecule has 0 spiro atoms. The minimum absolute atomic E-state index is 0.238. The Kier molecular flexibility index (Phi) is 4.31. The number of likely N-dealkylation sites (tertiary alicyclic amines) is 1. The third-order valence-electron chi connectivity index (χ3n) is 4.86. The summed E-state index contributed by atoms with van der Waals surface area (Å²) in [6.07, 6.45) is 0.795. The molecule has 0 radical (unpaired) electrons. The van der Waals surface area contributed by atoms with Crippen LogP contribution in [-0.2, 0) is 18.2 Å². The predicted molar refractivity (Wildman–Crippen MR) is 95.1 cm³/mol. The quantitative estimate of drug-likeness (QED) is 0.787. The van der Waals surface area contributed by atoms with Gasteiger partial charge in [-0.05, 0) is 18.5 Å². The molecule has 0 bridgehead atoms. The average molecular weight is 367 g/mol. The number of fused-ring (bicyclic) bond motifs is 1. The van der Waals surface area contributed by atoms with Crippen LogP contribution in [0.5, 0.6) is 0 Å². The number of halogens is 1. The molecule has 8 nitrogen and oxygen atoms in total. The minimum atomic E-state index is -0.547. The second-order valence-corrected chi connectivity index (χ2v) is 7.47. The fourth-order valence-corrected chi connectivity index (χ4v) is 3.78. The predicted octanol–water partition coefficient (Wildman–Crippen LogP) is 0.462. The van der Waals surface area contributed by atoms with Crippen LogP contribution in [0.25, 0.3) is 11.2 Å². The highest BCUT2D eigenvalue weighted by molar-refractivity contribution is 6.28. The van der Waals surface area contributed by atoms with E-state index in [0.717, 1.165) is 48.9 Å². The maximum absolute atomic E-state index is 9.85. The van der Waals surface area contributed by atoms with Crippen molar-refractivity contribution in [3.05, 3.63) is 11.1 Å². The zero-order chi connectivity index (χ0) is 17.6. The van der Waals surface area contributed by atoms with E-state index in [0.29, 0.717) is 26.3 Å². The Balaban J connectivity index is 1.59. The summed E-state index contributed by atoms with van der Waals surface area (Å²) in [4.78, 5) is 18.0. The molecule has 0 atom stereocenters. The molecule has 2 aromatic rings. The van der Waals surface area contributed by atoms with Crippen LogP contribution >= 0.6 is 11.6 Å². The Morgan fingerprint density at radius 2 is 1.92 bits per heavy atom. The van der Waals surface area contributed by atoms with Crippen LogP contribution in [0.2, 0.25) is 5.28 Å². The van der Waals surface area contributed by atoms with E-state index in [4.69, 9.17) is 21.3 Å². The fraction of sp³-hybridized carbons (Fsp3) is 0.688. The number of hydrogen-bond acceptors (Lipinski definition) is 7. The molecule has 2 saturated heterocycles. The van der Waals surface area contributed by atoms with Crippen molar-refractivity contribution in [2.24, 2.45) is 7.05 Å². The zero-order valence-corrected chi connectivity index (χ0v) is 15.3. The van der Waals surface area contributed by atoms with E-state index in [1.54, 1.807) is 0 Å². The summed E-state index contributed by atoms with van der Waals surface area (Å²) in [6, 6.07) is 0. The molecule has 25 heavy (non-hydrogen) atoms. The average Bonchev–Trinajstić information content (AvgIpc) is 2.87. The topological polar surface area (TPSA) is 79.5 Å². The lowest BCUT2D eigenvalue weighted by atomic mass is 9.97. The van der Waals surface area contributed by atoms with Crippen LogP contribution in [-0.4, -0.2) is 81.1 Å². The van der Waals surface area contributed by atoms with Gasteiger partial charge >= 0.3 is 0 Å². The zero-order valence-electron chi connectivity index (χ0n) is 14.6. The van der Waals surface area contributed by atoms with Gasteiger partial charge in [0, 0.05) is 46.2 Å². The first-order chi connectivity index (χ1) is 11.9. The standard InChI is InChI=1S/C16H23ClN6O2/c1-16(24)9-22(10-16)4-3-11-18-12-13(21(11)2)19-15(17)20-14(12)23-5-7-25-8-6-23/h24H,3-10H2,1-2H3. The molecule has 9 heteroatoms. The van der Waals surface area contributed by atoms with Gasteiger partial charge in [0.1, 0.15) is 5.82 Å². The third-order valence-corrected chi connectivity index (χ3v) is 5.03. The van der Waals surface area contributed by atoms with Gasteiger partial charge in [-0.3, -0.25) is 4.90 Å². The lowest BCUT2D eigenvalue weighted by Crippen LogP contribution is -2.60. The lowest BCUT2D eigenvalue weighted by molar-refractivity contribution is -0.0826. The van der Waals surface area contributed by atoms with Gasteiger partial charge in [-0.1, -0.05) is 0 Å². The van der Waals surface area contributed by atoms with Gasteiger partial charge in [0.2, 0.25) is 5.28 Å². The number of aromatic nitrogens is 4. The molecule has 2 aromatic heterocycles. The van der Waals surface area contributed by atoms with Gasteiger partial charge in [0.25, 0.3) is 0 Å². The normalized spacial score (nSPS) is 20.9. The number of rotatable bonds is 4. The molecule has 0 aliphatic carbocycles. The van der Waals surface area contributed by atoms with Crippen LogP contribution < -0.4 is 4.90 Å². The molecular formula is C16H23ClN6O2. The second-order valence-electron chi connectivity index (χ2n) is 7.13. The van der Waals surface area contributed by atoms with Crippen molar-refractivity contribution in [1.82, 2.24) is 24.4 Å². The molecular weight excluding hydrogens is 344 g/mol. The van der Waals surface area contributed by atoms with E-state index in [1.165, 1.54) is 0 Å². The van der Waals surface area contributed by atoms with Gasteiger partial charge in [-0.15, -0.1) is 0 Å². The van der Waals surface area contributed by atoms with E-state index in [9.17, 15) is 5.11 Å². The molecule has 2 aliphatic heterocycles. The highest BCUT2D eigenvalue weighted by Gasteiger charge is 2.36. The first-order valence-electron chi connectivity index (χ1n) is 8.59. The second kappa shape index (κ2) is 6.35.